The van der Waals surface area contributed by atoms with E-state index in [4.69, 9.17) is 0 Å². The molecule has 3 amide bonds. The molecule has 0 atom stereocenters. The molecular formula is C34H37F3N10O4S. The number of hydrogen-bond acceptors (Lipinski definition) is 11. The van der Waals surface area contributed by atoms with Crippen molar-refractivity contribution in [1.82, 2.24) is 25.2 Å². The first-order valence-corrected chi connectivity index (χ1v) is 18.2. The van der Waals surface area contributed by atoms with Crippen LogP contribution in [0.2, 0.25) is 0 Å². The summed E-state index contributed by atoms with van der Waals surface area (Å²) in [5.41, 5.74) is 3.07. The number of aromatic nitrogens is 3. The third-order valence-electron chi connectivity index (χ3n) is 8.81. The molecule has 0 spiro atoms. The van der Waals surface area contributed by atoms with E-state index in [1.54, 1.807) is 53.7 Å². The quantitative estimate of drug-likeness (QED) is 0.200. The zero-order chi connectivity index (χ0) is 37.0. The predicted octanol–water partition coefficient (Wildman–Crippen LogP) is 4.41. The summed E-state index contributed by atoms with van der Waals surface area (Å²) in [4.78, 5) is 42.3. The first-order valence-electron chi connectivity index (χ1n) is 16.3. The van der Waals surface area contributed by atoms with Crippen LogP contribution in [0, 0.1) is 0 Å². The van der Waals surface area contributed by atoms with Crippen LogP contribution in [0.25, 0.3) is 0 Å². The highest BCUT2D eigenvalue weighted by molar-refractivity contribution is 7.92. The van der Waals surface area contributed by atoms with E-state index in [-0.39, 0.29) is 24.8 Å². The van der Waals surface area contributed by atoms with Gasteiger partial charge in [-0.3, -0.25) is 29.2 Å². The van der Waals surface area contributed by atoms with Crippen molar-refractivity contribution in [2.24, 2.45) is 0 Å². The Morgan fingerprint density at radius 3 is 2.42 bits per heavy atom. The van der Waals surface area contributed by atoms with Gasteiger partial charge in [-0.25, -0.2) is 18.2 Å². The fourth-order valence-electron chi connectivity index (χ4n) is 5.90. The monoisotopic (exact) mass is 738 g/mol. The van der Waals surface area contributed by atoms with Crippen molar-refractivity contribution in [2.45, 2.75) is 25.7 Å². The van der Waals surface area contributed by atoms with Crippen LogP contribution in [0.5, 0.6) is 0 Å². The summed E-state index contributed by atoms with van der Waals surface area (Å²) in [5, 5.41) is 8.07. The minimum atomic E-state index is -4.71. The Bertz CT molecular complexity index is 2040. The summed E-state index contributed by atoms with van der Waals surface area (Å²) < 4.78 is 66.5. The third kappa shape index (κ3) is 8.68. The van der Waals surface area contributed by atoms with E-state index in [9.17, 15) is 31.2 Å². The molecule has 3 N–H and O–H groups in total. The molecular weight excluding hydrogens is 702 g/mol. The van der Waals surface area contributed by atoms with Crippen molar-refractivity contribution in [1.29, 1.82) is 0 Å². The molecule has 2 aliphatic rings. The van der Waals surface area contributed by atoms with Crippen molar-refractivity contribution < 1.29 is 31.2 Å². The van der Waals surface area contributed by atoms with Crippen molar-refractivity contribution >= 4 is 56.5 Å². The number of piperazine rings is 1. The summed E-state index contributed by atoms with van der Waals surface area (Å²) in [7, 11) is -2.13. The highest BCUT2D eigenvalue weighted by Gasteiger charge is 2.35. The molecule has 2 aliphatic heterocycles. The molecule has 6 rings (SSSR count). The van der Waals surface area contributed by atoms with Gasteiger partial charge in [0.1, 0.15) is 11.4 Å². The van der Waals surface area contributed by atoms with Crippen molar-refractivity contribution in [3.05, 3.63) is 89.9 Å². The number of rotatable bonds is 11. The lowest BCUT2D eigenvalue weighted by Gasteiger charge is -2.37. The highest BCUT2D eigenvalue weighted by Crippen LogP contribution is 2.35. The summed E-state index contributed by atoms with van der Waals surface area (Å²) in [6, 6.07) is 15.3. The Balaban J connectivity index is 1.07. The van der Waals surface area contributed by atoms with Crippen LogP contribution in [0.15, 0.2) is 73.2 Å². The second kappa shape index (κ2) is 15.0. The van der Waals surface area contributed by atoms with Crippen LogP contribution >= 0.6 is 0 Å². The SMILES string of the molecule is CN(c1cccc(CNc2nc(Nc3ccc(N4CCN(Cc5ccncc5N5CCC(=O)NC5=O)CC4)cc3)ncc2C(F)(F)F)c1)S(C)(=O)=O. The van der Waals surface area contributed by atoms with Gasteiger partial charge in [-0.2, -0.15) is 18.2 Å². The van der Waals surface area contributed by atoms with Crippen LogP contribution in [-0.2, 0) is 34.1 Å². The average molecular weight is 739 g/mol. The molecule has 0 bridgehead atoms. The van der Waals surface area contributed by atoms with Crippen molar-refractivity contribution in [3.63, 3.8) is 0 Å². The zero-order valence-corrected chi connectivity index (χ0v) is 29.2. The maximum absolute atomic E-state index is 13.9. The van der Waals surface area contributed by atoms with Gasteiger partial charge in [-0.1, -0.05) is 12.1 Å². The normalized spacial score (nSPS) is 15.7. The van der Waals surface area contributed by atoms with Gasteiger partial charge in [0.05, 0.1) is 23.8 Å². The number of benzene rings is 2. The van der Waals surface area contributed by atoms with E-state index < -0.39 is 33.6 Å². The Hall–Kier alpha value is -5.49. The van der Waals surface area contributed by atoms with Gasteiger partial charge in [-0.15, -0.1) is 0 Å². The summed E-state index contributed by atoms with van der Waals surface area (Å²) in [6.45, 7) is 3.89. The van der Waals surface area contributed by atoms with E-state index in [1.807, 2.05) is 18.2 Å². The van der Waals surface area contributed by atoms with Gasteiger partial charge in [-0.05, 0) is 53.6 Å². The van der Waals surface area contributed by atoms with Crippen molar-refractivity contribution in [3.8, 4) is 0 Å². The molecule has 0 aliphatic carbocycles. The molecule has 14 nitrogen and oxygen atoms in total. The van der Waals surface area contributed by atoms with Gasteiger partial charge in [0, 0.05) is 83.1 Å². The topological polar surface area (TPSA) is 156 Å². The Labute approximate surface area is 298 Å². The second-order valence-electron chi connectivity index (χ2n) is 12.4. The largest absolute Gasteiger partial charge is 0.421 e. The molecule has 18 heteroatoms. The number of imide groups is 1. The Morgan fingerprint density at radius 2 is 1.73 bits per heavy atom. The molecule has 52 heavy (non-hydrogen) atoms. The van der Waals surface area contributed by atoms with Crippen LogP contribution in [0.1, 0.15) is 23.1 Å². The number of anilines is 6. The van der Waals surface area contributed by atoms with Crippen LogP contribution in [-0.4, -0.2) is 86.2 Å². The minimum Gasteiger partial charge on any atom is -0.369 e. The second-order valence-corrected chi connectivity index (χ2v) is 14.4. The lowest BCUT2D eigenvalue weighted by Crippen LogP contribution is -2.50. The van der Waals surface area contributed by atoms with Crippen LogP contribution in [0.3, 0.4) is 0 Å². The molecule has 2 aromatic heterocycles. The van der Waals surface area contributed by atoms with Gasteiger partial charge < -0.3 is 15.5 Å². The summed E-state index contributed by atoms with van der Waals surface area (Å²) >= 11 is 0. The van der Waals surface area contributed by atoms with E-state index in [2.05, 4.69) is 40.7 Å². The van der Waals surface area contributed by atoms with E-state index in [0.717, 1.165) is 54.2 Å². The lowest BCUT2D eigenvalue weighted by molar-refractivity contribution is -0.137. The predicted molar refractivity (Wildman–Crippen MR) is 191 cm³/mol. The maximum Gasteiger partial charge on any atom is 0.421 e. The fraction of sp³-hybridized carbons (Fsp3) is 0.324. The molecule has 0 unspecified atom stereocenters. The van der Waals surface area contributed by atoms with Gasteiger partial charge in [0.2, 0.25) is 21.9 Å². The molecule has 2 fully saturated rings. The number of sulfonamides is 1. The Morgan fingerprint density at radius 1 is 0.981 bits per heavy atom. The molecule has 4 heterocycles. The number of hydrogen-bond donors (Lipinski definition) is 3. The number of carbonyl (C=O) groups is 2. The van der Waals surface area contributed by atoms with E-state index >= 15 is 0 Å². The van der Waals surface area contributed by atoms with Crippen LogP contribution < -0.4 is 30.1 Å². The fourth-order valence-corrected chi connectivity index (χ4v) is 6.40. The van der Waals surface area contributed by atoms with E-state index in [0.29, 0.717) is 35.7 Å². The minimum absolute atomic E-state index is 0.0356. The molecule has 4 aromatic rings. The Kier molecular flexibility index (Phi) is 10.5. The highest BCUT2D eigenvalue weighted by atomic mass is 32.2. The number of amides is 3. The first-order chi connectivity index (χ1) is 24.7. The zero-order valence-electron chi connectivity index (χ0n) is 28.4. The van der Waals surface area contributed by atoms with Crippen molar-refractivity contribution in [2.75, 3.05) is 70.8 Å². The number of pyridine rings is 1. The maximum atomic E-state index is 13.9. The van der Waals surface area contributed by atoms with Gasteiger partial charge >= 0.3 is 12.2 Å². The smallest absolute Gasteiger partial charge is 0.369 e. The number of halogens is 3. The number of carbonyl (C=O) groups excluding carboxylic acids is 2. The standard InChI is InChI=1S/C34H37F3N10O4S/c1-44(52(2,50)51)27-5-3-4-23(18-27)19-39-31-28(34(35,36)37)20-40-32(43-31)41-25-6-8-26(9-7-25)46-16-14-45(15-17-46)22-24-10-12-38-21-29(24)47-13-11-30(48)42-33(47)49/h3-10,12,18,20-21H,11,13-17,19,22H2,1-2H3,(H,42,48,49)(H2,39,40,41,43). The third-order valence-corrected chi connectivity index (χ3v) is 10.0. The molecule has 274 valence electrons. The lowest BCUT2D eigenvalue weighted by atomic mass is 10.1. The van der Waals surface area contributed by atoms with Gasteiger partial charge in [0.15, 0.2) is 0 Å². The average Bonchev–Trinajstić information content (AvgIpc) is 3.11. The molecule has 2 saturated heterocycles. The number of urea groups is 1. The molecule has 2 aromatic carbocycles. The summed E-state index contributed by atoms with van der Waals surface area (Å²) in [5.74, 6) is -0.749. The number of nitrogens with one attached hydrogen (secondary N) is 3. The van der Waals surface area contributed by atoms with Crippen LogP contribution in [0.4, 0.5) is 52.5 Å². The number of alkyl halides is 3. The van der Waals surface area contributed by atoms with E-state index in [1.165, 1.54) is 7.05 Å². The molecule has 0 saturated carbocycles. The molecule has 0 radical (unpaired) electrons. The first kappa shape index (κ1) is 36.3. The summed E-state index contributed by atoms with van der Waals surface area (Å²) in [6.07, 6.45) is 0.635. The number of nitrogens with zero attached hydrogens (tertiary/aromatic N) is 7. The van der Waals surface area contributed by atoms with Gasteiger partial charge in [0.25, 0.3) is 0 Å².